The van der Waals surface area contributed by atoms with E-state index in [0.717, 1.165) is 45.5 Å². The van der Waals surface area contributed by atoms with Gasteiger partial charge in [0.1, 0.15) is 75.9 Å². The molecule has 0 aliphatic carbocycles. The third-order valence-electron chi connectivity index (χ3n) is 16.7. The van der Waals surface area contributed by atoms with Crippen LogP contribution < -0.4 is 18.9 Å². The van der Waals surface area contributed by atoms with Crippen LogP contribution >= 0.6 is 0 Å². The fraction of sp³-hybridized carbons (Fsp3) is 0.311. The Morgan fingerprint density at radius 2 is 0.458 bits per heavy atom. The second-order valence-corrected chi connectivity index (χ2v) is 25.2. The number of ketones is 2. The van der Waals surface area contributed by atoms with Gasteiger partial charge in [-0.05, 0) is 155 Å². The minimum atomic E-state index is -0.592. The van der Waals surface area contributed by atoms with Crippen LogP contribution in [0, 0.1) is 0 Å². The standard InChI is InChI=1S/C90H94O28/c1-3-83(93)111-57-49-103-41-39-101-47-55-109-77-29-25-75(26-30-77)89(99)117-79-33-21-71(22-34-79)81(91)63-65-5-9-67(10-6-65)69-13-17-73(18-14-69)87(97)115-61-53-107-45-43-105-51-59-113-85(95)37-38-86(96)114-60-52-106-44-46-108-54-62-116-88(98)74-19-15-70(16-20-74)68-11-7-66(8-12-68)64-82(92)72-23-35-80(36-24-72)118-90(100)76-27-31-78(32-28-76)110-56-48-102-40-42-104-50-58-112-84(94)4-2/h3-36H,1-2,37-64H2. The number of ether oxygens (including phenoxy) is 18. The van der Waals surface area contributed by atoms with Gasteiger partial charge >= 0.3 is 47.8 Å². The molecule has 0 amide bonds. The average Bonchev–Trinajstić information content (AvgIpc) is 0.860. The van der Waals surface area contributed by atoms with Crippen molar-refractivity contribution in [3.63, 3.8) is 0 Å². The number of hydrogen-bond donors (Lipinski definition) is 0. The van der Waals surface area contributed by atoms with Gasteiger partial charge in [-0.2, -0.15) is 0 Å². The van der Waals surface area contributed by atoms with Crippen molar-refractivity contribution in [2.75, 3.05) is 159 Å². The second-order valence-electron chi connectivity index (χ2n) is 25.2. The molecule has 0 atom stereocenters. The van der Waals surface area contributed by atoms with Crippen molar-refractivity contribution in [3.8, 4) is 45.3 Å². The van der Waals surface area contributed by atoms with E-state index in [0.29, 0.717) is 84.5 Å². The highest BCUT2D eigenvalue weighted by atomic mass is 16.6. The first-order valence-corrected chi connectivity index (χ1v) is 38.0. The number of rotatable bonds is 57. The van der Waals surface area contributed by atoms with Gasteiger partial charge < -0.3 is 85.3 Å². The zero-order valence-electron chi connectivity index (χ0n) is 65.3. The van der Waals surface area contributed by atoms with E-state index in [1.165, 1.54) is 0 Å². The van der Waals surface area contributed by atoms with Crippen molar-refractivity contribution in [1.29, 1.82) is 0 Å². The summed E-state index contributed by atoms with van der Waals surface area (Å²) in [6.07, 6.45) is 2.10. The van der Waals surface area contributed by atoms with E-state index in [2.05, 4.69) is 13.2 Å². The Labute approximate surface area is 682 Å². The van der Waals surface area contributed by atoms with Crippen LogP contribution in [0.4, 0.5) is 0 Å². The largest absolute Gasteiger partial charge is 0.491 e. The summed E-state index contributed by atoms with van der Waals surface area (Å²) in [4.78, 5) is 124. The molecule has 0 heterocycles. The van der Waals surface area contributed by atoms with Crippen molar-refractivity contribution >= 4 is 59.3 Å². The molecule has 0 unspecified atom stereocenters. The van der Waals surface area contributed by atoms with Gasteiger partial charge in [-0.1, -0.05) is 86.0 Å². The lowest BCUT2D eigenvalue weighted by Crippen LogP contribution is -2.17. The first-order chi connectivity index (χ1) is 57.6. The lowest BCUT2D eigenvalue weighted by molar-refractivity contribution is -0.152. The second kappa shape index (κ2) is 53.0. The number of hydrogen-bond acceptors (Lipinski definition) is 28. The molecule has 28 heteroatoms. The summed E-state index contributed by atoms with van der Waals surface area (Å²) in [6.45, 7) is 11.2. The fourth-order valence-corrected chi connectivity index (χ4v) is 10.5. The summed E-state index contributed by atoms with van der Waals surface area (Å²) in [5, 5.41) is 0. The van der Waals surface area contributed by atoms with Gasteiger partial charge in [0, 0.05) is 36.1 Å². The van der Waals surface area contributed by atoms with Crippen LogP contribution in [0.15, 0.2) is 219 Å². The van der Waals surface area contributed by atoms with Crippen LogP contribution in [0.3, 0.4) is 0 Å². The zero-order chi connectivity index (χ0) is 83.6. The lowest BCUT2D eigenvalue weighted by atomic mass is 9.99. The molecule has 0 aromatic heterocycles. The molecular weight excluding hydrogens is 1530 g/mol. The van der Waals surface area contributed by atoms with Crippen molar-refractivity contribution in [3.05, 3.63) is 264 Å². The SMILES string of the molecule is C=CC(=O)OCCOCCOCCOc1ccc(C(=O)Oc2ccc(C(=O)Cc3ccc(-c4ccc(C(=O)OCCOCCOCCOC(=O)CCC(=O)OCCOCCOCCOC(=O)c5ccc(-c6ccc(CC(=O)c7ccc(OC(=O)c8ccc(OCCOCCOCCOC(=O)C=C)cc8)cc7)cc6)cc5)cc4)cc3)cc2)cc1. The van der Waals surface area contributed by atoms with E-state index >= 15 is 0 Å². The first kappa shape index (κ1) is 91.1. The highest BCUT2D eigenvalue weighted by molar-refractivity contribution is 5.99. The Kier molecular flexibility index (Phi) is 40.9. The number of esters is 8. The summed E-state index contributed by atoms with van der Waals surface area (Å²) < 4.78 is 96.4. The molecule has 0 fully saturated rings. The number of Topliss-reactive ketones (excluding diaryl/α,β-unsaturated/α-hetero) is 2. The maximum absolute atomic E-state index is 13.2. The van der Waals surface area contributed by atoms with Crippen molar-refractivity contribution < 1.29 is 133 Å². The Morgan fingerprint density at radius 3 is 0.754 bits per heavy atom. The molecule has 8 rings (SSSR count). The minimum Gasteiger partial charge on any atom is -0.491 e. The molecule has 0 bridgehead atoms. The number of carbonyl (C=O) groups excluding carboxylic acids is 10. The number of benzene rings is 8. The van der Waals surface area contributed by atoms with Gasteiger partial charge in [0.2, 0.25) is 0 Å². The smallest absolute Gasteiger partial charge is 0.343 e. The molecule has 622 valence electrons. The van der Waals surface area contributed by atoms with E-state index in [1.807, 2.05) is 48.5 Å². The van der Waals surface area contributed by atoms with E-state index in [4.69, 9.17) is 85.3 Å². The van der Waals surface area contributed by atoms with Gasteiger partial charge in [-0.25, -0.2) is 28.8 Å². The molecule has 0 saturated carbocycles. The Hall–Kier alpha value is -12.4. The predicted octanol–water partition coefficient (Wildman–Crippen LogP) is 11.5. The van der Waals surface area contributed by atoms with Gasteiger partial charge in [0.25, 0.3) is 0 Å². The average molecular weight is 1620 g/mol. The van der Waals surface area contributed by atoms with Gasteiger partial charge in [-0.15, -0.1) is 0 Å². The Balaban J connectivity index is 0.565. The molecule has 118 heavy (non-hydrogen) atoms. The maximum Gasteiger partial charge on any atom is 0.343 e. The van der Waals surface area contributed by atoms with Gasteiger partial charge in [0.15, 0.2) is 11.6 Å². The van der Waals surface area contributed by atoms with Gasteiger partial charge in [-0.3, -0.25) is 19.2 Å². The highest BCUT2D eigenvalue weighted by Crippen LogP contribution is 2.26. The molecule has 28 nitrogen and oxygen atoms in total. The van der Waals surface area contributed by atoms with Crippen LogP contribution in [0.5, 0.6) is 23.0 Å². The summed E-state index contributed by atoms with van der Waals surface area (Å²) in [6, 6.07) is 54.5. The van der Waals surface area contributed by atoms with Crippen molar-refractivity contribution in [2.24, 2.45) is 0 Å². The monoisotopic (exact) mass is 1620 g/mol. The minimum absolute atomic E-state index is 0.0115. The number of carbonyl (C=O) groups is 10. The molecule has 0 saturated heterocycles. The van der Waals surface area contributed by atoms with Crippen LogP contribution in [0.25, 0.3) is 22.3 Å². The molecule has 0 aliphatic rings. The Bertz CT molecular complexity index is 4160. The van der Waals surface area contributed by atoms with Crippen LogP contribution in [0.2, 0.25) is 0 Å². The first-order valence-electron chi connectivity index (χ1n) is 38.0. The summed E-state index contributed by atoms with van der Waals surface area (Å²) in [5.74, 6) is -2.97. The summed E-state index contributed by atoms with van der Waals surface area (Å²) in [5.41, 5.74) is 7.32. The van der Waals surface area contributed by atoms with Crippen molar-refractivity contribution in [2.45, 2.75) is 25.7 Å². The molecule has 0 spiro atoms. The van der Waals surface area contributed by atoms with E-state index in [9.17, 15) is 47.9 Å². The summed E-state index contributed by atoms with van der Waals surface area (Å²) >= 11 is 0. The normalized spacial score (nSPS) is 10.8. The Morgan fingerprint density at radius 1 is 0.229 bits per heavy atom. The highest BCUT2D eigenvalue weighted by Gasteiger charge is 2.18. The zero-order valence-corrected chi connectivity index (χ0v) is 65.3. The van der Waals surface area contributed by atoms with E-state index in [1.54, 1.807) is 146 Å². The third-order valence-corrected chi connectivity index (χ3v) is 16.7. The topological polar surface area (TPSA) is 337 Å². The predicted molar refractivity (Wildman–Crippen MR) is 427 cm³/mol. The van der Waals surface area contributed by atoms with Crippen molar-refractivity contribution in [1.82, 2.24) is 0 Å². The molecular formula is C90H94O28. The molecule has 0 N–H and O–H groups in total. The fourth-order valence-electron chi connectivity index (χ4n) is 10.5. The molecule has 8 aromatic rings. The van der Waals surface area contributed by atoms with Crippen LogP contribution in [-0.2, 0) is 98.3 Å². The van der Waals surface area contributed by atoms with Crippen LogP contribution in [-0.4, -0.2) is 218 Å². The maximum atomic E-state index is 13.2. The summed E-state index contributed by atoms with van der Waals surface area (Å²) in [7, 11) is 0. The molecule has 8 aromatic carbocycles. The van der Waals surface area contributed by atoms with E-state index < -0.39 is 47.8 Å². The van der Waals surface area contributed by atoms with Gasteiger partial charge in [0.05, 0.1) is 141 Å². The van der Waals surface area contributed by atoms with E-state index in [-0.39, 0.29) is 168 Å². The quantitative estimate of drug-likeness (QED) is 0.00853. The lowest BCUT2D eigenvalue weighted by Gasteiger charge is -2.09. The van der Waals surface area contributed by atoms with Crippen LogP contribution in [0.1, 0.15) is 86.1 Å². The molecule has 0 aliphatic heterocycles. The molecule has 0 radical (unpaired) electrons. The third kappa shape index (κ3) is 35.0.